The molecular weight excluding hydrogens is 219 g/mol. The maximum absolute atomic E-state index is 12.2. The van der Waals surface area contributed by atoms with Crippen molar-refractivity contribution in [3.63, 3.8) is 0 Å². The Hall–Kier alpha value is -1.85. The molecule has 0 atom stereocenters. The number of halogens is 3. The summed E-state index contributed by atoms with van der Waals surface area (Å²) >= 11 is 0. The first-order valence-electron chi connectivity index (χ1n) is 4.47. The Balaban J connectivity index is 2.15. The van der Waals surface area contributed by atoms with Gasteiger partial charge in [0.2, 0.25) is 0 Å². The first-order chi connectivity index (χ1) is 7.55. The lowest BCUT2D eigenvalue weighted by atomic mass is 10.3. The number of aromatic nitrogens is 3. The Labute approximate surface area is 89.5 Å². The predicted octanol–water partition coefficient (Wildman–Crippen LogP) is 2.15. The Morgan fingerprint density at radius 1 is 1.31 bits per heavy atom. The predicted molar refractivity (Wildman–Crippen MR) is 49.4 cm³/mol. The molecule has 0 bridgehead atoms. The molecule has 0 aliphatic carbocycles. The molecule has 0 amide bonds. The summed E-state index contributed by atoms with van der Waals surface area (Å²) in [6.45, 7) is 0.213. The molecule has 0 aliphatic heterocycles. The number of pyridine rings is 1. The summed E-state index contributed by atoms with van der Waals surface area (Å²) in [6, 6.07) is 6.99. The van der Waals surface area contributed by atoms with Crippen LogP contribution in [0.3, 0.4) is 0 Å². The van der Waals surface area contributed by atoms with Crippen LogP contribution in [-0.2, 0) is 12.7 Å². The van der Waals surface area contributed by atoms with Crippen LogP contribution < -0.4 is 0 Å². The molecule has 0 aliphatic rings. The Kier molecular flexibility index (Phi) is 2.64. The van der Waals surface area contributed by atoms with Crippen molar-refractivity contribution in [1.82, 2.24) is 14.8 Å². The van der Waals surface area contributed by atoms with Gasteiger partial charge in [-0.2, -0.15) is 18.3 Å². The molecular formula is C10H7F3N3. The minimum atomic E-state index is -4.40. The van der Waals surface area contributed by atoms with Crippen molar-refractivity contribution in [3.8, 4) is 0 Å². The van der Waals surface area contributed by atoms with E-state index in [4.69, 9.17) is 0 Å². The fraction of sp³-hybridized carbons (Fsp3) is 0.200. The quantitative estimate of drug-likeness (QED) is 0.785. The molecule has 0 spiro atoms. The van der Waals surface area contributed by atoms with Gasteiger partial charge in [0.15, 0.2) is 5.69 Å². The third kappa shape index (κ3) is 2.39. The fourth-order valence-electron chi connectivity index (χ4n) is 1.21. The molecule has 0 saturated carbocycles. The van der Waals surface area contributed by atoms with Crippen molar-refractivity contribution >= 4 is 0 Å². The van der Waals surface area contributed by atoms with Crippen LogP contribution in [0.4, 0.5) is 13.2 Å². The van der Waals surface area contributed by atoms with E-state index in [1.165, 1.54) is 17.1 Å². The molecule has 0 unspecified atom stereocenters. The molecule has 0 N–H and O–H groups in total. The van der Waals surface area contributed by atoms with Crippen molar-refractivity contribution in [3.05, 3.63) is 48.0 Å². The van der Waals surface area contributed by atoms with Crippen molar-refractivity contribution in [2.24, 2.45) is 0 Å². The van der Waals surface area contributed by atoms with Gasteiger partial charge >= 0.3 is 6.18 Å². The SMILES string of the molecule is FC(F)(F)c1ccn(Cc2cc[c]cn2)n1. The summed E-state index contributed by atoms with van der Waals surface area (Å²) in [4.78, 5) is 3.95. The van der Waals surface area contributed by atoms with Crippen LogP contribution in [0.2, 0.25) is 0 Å². The average molecular weight is 226 g/mol. The maximum atomic E-state index is 12.2. The highest BCUT2D eigenvalue weighted by Crippen LogP contribution is 2.27. The second-order valence-corrected chi connectivity index (χ2v) is 3.15. The second kappa shape index (κ2) is 3.96. The molecule has 83 valence electrons. The molecule has 3 nitrogen and oxygen atoms in total. The van der Waals surface area contributed by atoms with Crippen LogP contribution in [0.5, 0.6) is 0 Å². The van der Waals surface area contributed by atoms with Crippen LogP contribution in [0, 0.1) is 6.07 Å². The van der Waals surface area contributed by atoms with E-state index < -0.39 is 11.9 Å². The fourth-order valence-corrected chi connectivity index (χ4v) is 1.21. The topological polar surface area (TPSA) is 30.7 Å². The van der Waals surface area contributed by atoms with Crippen LogP contribution in [0.25, 0.3) is 0 Å². The van der Waals surface area contributed by atoms with Gasteiger partial charge in [-0.25, -0.2) is 0 Å². The maximum Gasteiger partial charge on any atom is 0.435 e. The Morgan fingerprint density at radius 2 is 2.12 bits per heavy atom. The Morgan fingerprint density at radius 3 is 2.69 bits per heavy atom. The van der Waals surface area contributed by atoms with Gasteiger partial charge in [-0.05, 0) is 12.1 Å². The molecule has 2 aromatic rings. The highest BCUT2D eigenvalue weighted by Gasteiger charge is 2.33. The van der Waals surface area contributed by atoms with E-state index in [0.29, 0.717) is 5.69 Å². The zero-order valence-electron chi connectivity index (χ0n) is 8.07. The minimum Gasteiger partial charge on any atom is -0.266 e. The van der Waals surface area contributed by atoms with Crippen LogP contribution >= 0.6 is 0 Å². The minimum absolute atomic E-state index is 0.213. The van der Waals surface area contributed by atoms with E-state index in [1.807, 2.05) is 0 Å². The second-order valence-electron chi connectivity index (χ2n) is 3.15. The lowest BCUT2D eigenvalue weighted by molar-refractivity contribution is -0.141. The molecule has 0 saturated heterocycles. The highest BCUT2D eigenvalue weighted by molar-refractivity contribution is 5.06. The zero-order valence-corrected chi connectivity index (χ0v) is 8.07. The summed E-state index contributed by atoms with van der Waals surface area (Å²) in [5, 5.41) is 3.42. The Bertz CT molecular complexity index is 462. The van der Waals surface area contributed by atoms with E-state index in [1.54, 1.807) is 12.1 Å². The number of rotatable bonds is 2. The summed E-state index contributed by atoms with van der Waals surface area (Å²) in [6.07, 6.45) is -1.66. The van der Waals surface area contributed by atoms with Crippen molar-refractivity contribution < 1.29 is 13.2 Å². The number of hydrogen-bond acceptors (Lipinski definition) is 2. The number of hydrogen-bond donors (Lipinski definition) is 0. The third-order valence-corrected chi connectivity index (χ3v) is 1.93. The summed E-state index contributed by atoms with van der Waals surface area (Å²) in [7, 11) is 0. The summed E-state index contributed by atoms with van der Waals surface area (Å²) in [5.74, 6) is 0. The molecule has 1 radical (unpaired) electrons. The van der Waals surface area contributed by atoms with E-state index >= 15 is 0 Å². The van der Waals surface area contributed by atoms with Gasteiger partial charge in [0.25, 0.3) is 0 Å². The number of alkyl halides is 3. The smallest absolute Gasteiger partial charge is 0.266 e. The molecule has 16 heavy (non-hydrogen) atoms. The molecule has 6 heteroatoms. The standard InChI is InChI=1S/C10H7F3N3/c11-10(12,13)9-4-6-16(15-9)7-8-3-1-2-5-14-8/h1,3-6H,7H2. The van der Waals surface area contributed by atoms with Crippen molar-refractivity contribution in [1.29, 1.82) is 0 Å². The van der Waals surface area contributed by atoms with E-state index in [9.17, 15) is 13.2 Å². The van der Waals surface area contributed by atoms with Gasteiger partial charge in [-0.3, -0.25) is 9.67 Å². The molecule has 2 heterocycles. The van der Waals surface area contributed by atoms with Gasteiger partial charge in [0.1, 0.15) is 0 Å². The number of nitrogens with zero attached hydrogens (tertiary/aromatic N) is 3. The first-order valence-corrected chi connectivity index (χ1v) is 4.47. The van der Waals surface area contributed by atoms with E-state index in [0.717, 1.165) is 6.07 Å². The summed E-state index contributed by atoms with van der Waals surface area (Å²) in [5.41, 5.74) is -0.259. The molecule has 2 rings (SSSR count). The van der Waals surface area contributed by atoms with Gasteiger partial charge in [-0.15, -0.1) is 0 Å². The highest BCUT2D eigenvalue weighted by atomic mass is 19.4. The van der Waals surface area contributed by atoms with Gasteiger partial charge < -0.3 is 0 Å². The zero-order chi connectivity index (χ0) is 11.6. The van der Waals surface area contributed by atoms with Gasteiger partial charge in [0, 0.05) is 18.5 Å². The van der Waals surface area contributed by atoms with Crippen LogP contribution in [0.15, 0.2) is 30.6 Å². The van der Waals surface area contributed by atoms with Crippen LogP contribution in [0.1, 0.15) is 11.4 Å². The monoisotopic (exact) mass is 226 g/mol. The molecule has 0 aromatic carbocycles. The molecule has 0 fully saturated rings. The largest absolute Gasteiger partial charge is 0.435 e. The average Bonchev–Trinajstić information content (AvgIpc) is 2.67. The lowest BCUT2D eigenvalue weighted by Gasteiger charge is -2.02. The normalized spacial score (nSPS) is 11.7. The van der Waals surface area contributed by atoms with E-state index in [2.05, 4.69) is 16.1 Å². The lowest BCUT2D eigenvalue weighted by Crippen LogP contribution is -2.08. The third-order valence-electron chi connectivity index (χ3n) is 1.93. The van der Waals surface area contributed by atoms with Crippen molar-refractivity contribution in [2.75, 3.05) is 0 Å². The first kappa shape index (κ1) is 10.7. The van der Waals surface area contributed by atoms with Gasteiger partial charge in [-0.1, -0.05) is 6.07 Å². The van der Waals surface area contributed by atoms with Crippen molar-refractivity contribution in [2.45, 2.75) is 12.7 Å². The van der Waals surface area contributed by atoms with E-state index in [-0.39, 0.29) is 6.54 Å². The summed E-state index contributed by atoms with van der Waals surface area (Å²) < 4.78 is 37.9. The van der Waals surface area contributed by atoms with Crippen LogP contribution in [-0.4, -0.2) is 14.8 Å². The molecule has 2 aromatic heterocycles. The van der Waals surface area contributed by atoms with Gasteiger partial charge in [0.05, 0.1) is 12.2 Å².